The van der Waals surface area contributed by atoms with Crippen LogP contribution < -0.4 is 0 Å². The maximum atomic E-state index is 9.76. The van der Waals surface area contributed by atoms with Crippen LogP contribution in [0.1, 0.15) is 65.7 Å². The summed E-state index contributed by atoms with van der Waals surface area (Å²) < 4.78 is 0. The zero-order chi connectivity index (χ0) is 14.8. The van der Waals surface area contributed by atoms with Crippen LogP contribution in [0.4, 0.5) is 0 Å². The molecule has 0 amide bonds. The molecule has 0 fully saturated rings. The van der Waals surface area contributed by atoms with E-state index in [1.165, 1.54) is 12.6 Å². The van der Waals surface area contributed by atoms with Crippen molar-refractivity contribution in [3.8, 4) is 0 Å². The molecular weight excluding hydrogens is 251 g/mol. The fourth-order valence-corrected chi connectivity index (χ4v) is 0.656. The third-order valence-electron chi connectivity index (χ3n) is 1.78. The highest BCUT2D eigenvalue weighted by atomic mass is 31.0. The summed E-state index contributed by atoms with van der Waals surface area (Å²) in [6, 6.07) is 0. The molecule has 0 aliphatic carbocycles. The molecule has 5 heteroatoms. The van der Waals surface area contributed by atoms with Crippen molar-refractivity contribution in [1.29, 1.82) is 0 Å². The molecule has 0 aromatic carbocycles. The molecule has 0 aliphatic heterocycles. The van der Waals surface area contributed by atoms with E-state index in [4.69, 9.17) is 10.2 Å². The van der Waals surface area contributed by atoms with Gasteiger partial charge in [-0.2, -0.15) is 0 Å². The summed E-state index contributed by atoms with van der Waals surface area (Å²) in [4.78, 5) is 19.5. The van der Waals surface area contributed by atoms with Gasteiger partial charge < -0.3 is 10.2 Å². The SMILES string of the molecule is CCCCC(=O)O.CCCCC(=O)O.CCCP. The summed E-state index contributed by atoms with van der Waals surface area (Å²) >= 11 is 0. The molecule has 0 spiro atoms. The van der Waals surface area contributed by atoms with Gasteiger partial charge in [-0.3, -0.25) is 9.59 Å². The summed E-state index contributed by atoms with van der Waals surface area (Å²) in [6.45, 7) is 6.11. The first-order chi connectivity index (χ1) is 8.45. The Labute approximate surface area is 113 Å². The average molecular weight is 280 g/mol. The van der Waals surface area contributed by atoms with E-state index < -0.39 is 11.9 Å². The van der Waals surface area contributed by atoms with E-state index in [-0.39, 0.29) is 0 Å². The lowest BCUT2D eigenvalue weighted by Gasteiger charge is -1.85. The summed E-state index contributed by atoms with van der Waals surface area (Å²) in [5.74, 6) is -1.39. The predicted octanol–water partition coefficient (Wildman–Crippen LogP) is 3.79. The van der Waals surface area contributed by atoms with Crippen LogP contribution in [0.15, 0.2) is 0 Å². The minimum absolute atomic E-state index is 0.316. The lowest BCUT2D eigenvalue weighted by molar-refractivity contribution is -0.138. The molecule has 110 valence electrons. The number of hydrogen-bond acceptors (Lipinski definition) is 2. The lowest BCUT2D eigenvalue weighted by atomic mass is 10.3. The Morgan fingerprint density at radius 1 is 0.833 bits per heavy atom. The molecule has 0 aromatic rings. The van der Waals surface area contributed by atoms with Gasteiger partial charge in [0.15, 0.2) is 0 Å². The van der Waals surface area contributed by atoms with Crippen LogP contribution in [-0.4, -0.2) is 28.3 Å². The minimum atomic E-state index is -0.693. The predicted molar refractivity (Wildman–Crippen MR) is 79.2 cm³/mol. The second kappa shape index (κ2) is 21.6. The molecule has 18 heavy (non-hydrogen) atoms. The van der Waals surface area contributed by atoms with Crippen molar-refractivity contribution >= 4 is 21.2 Å². The number of carbonyl (C=O) groups is 2. The van der Waals surface area contributed by atoms with Gasteiger partial charge in [0.25, 0.3) is 0 Å². The number of carboxylic acids is 2. The Morgan fingerprint density at radius 2 is 1.11 bits per heavy atom. The zero-order valence-electron chi connectivity index (χ0n) is 11.9. The van der Waals surface area contributed by atoms with Gasteiger partial charge in [0, 0.05) is 12.8 Å². The van der Waals surface area contributed by atoms with E-state index >= 15 is 0 Å². The van der Waals surface area contributed by atoms with Gasteiger partial charge in [0.1, 0.15) is 0 Å². The first-order valence-electron chi connectivity index (χ1n) is 6.59. The van der Waals surface area contributed by atoms with Crippen LogP contribution in [-0.2, 0) is 9.59 Å². The van der Waals surface area contributed by atoms with Crippen molar-refractivity contribution in [2.45, 2.75) is 65.7 Å². The quantitative estimate of drug-likeness (QED) is 0.696. The third kappa shape index (κ3) is 45.3. The van der Waals surface area contributed by atoms with E-state index in [2.05, 4.69) is 16.2 Å². The van der Waals surface area contributed by atoms with E-state index in [0.29, 0.717) is 12.8 Å². The average Bonchev–Trinajstić information content (AvgIpc) is 2.34. The molecule has 0 aromatic heterocycles. The Hall–Kier alpha value is -0.630. The Bertz CT molecular complexity index is 164. The second-order valence-corrected chi connectivity index (χ2v) is 4.36. The van der Waals surface area contributed by atoms with Crippen LogP contribution in [0.5, 0.6) is 0 Å². The van der Waals surface area contributed by atoms with Crippen molar-refractivity contribution in [2.24, 2.45) is 0 Å². The molecule has 0 rings (SSSR count). The van der Waals surface area contributed by atoms with Crippen molar-refractivity contribution < 1.29 is 19.8 Å². The van der Waals surface area contributed by atoms with E-state index in [0.717, 1.165) is 25.7 Å². The first kappa shape index (κ1) is 22.5. The zero-order valence-corrected chi connectivity index (χ0v) is 13.1. The standard InChI is InChI=1S/2C5H10O2.C3H9P/c2*1-2-3-4-5(6)7;1-2-3-4/h2*2-4H2,1H3,(H,6,7);2-4H2,1H3. The Morgan fingerprint density at radius 3 is 1.17 bits per heavy atom. The highest BCUT2D eigenvalue weighted by Crippen LogP contribution is 1.91. The summed E-state index contributed by atoms with van der Waals surface area (Å²) in [6.07, 6.45) is 6.68. The largest absolute Gasteiger partial charge is 0.481 e. The first-order valence-corrected chi connectivity index (χ1v) is 7.41. The van der Waals surface area contributed by atoms with Gasteiger partial charge in [-0.1, -0.05) is 40.0 Å². The van der Waals surface area contributed by atoms with Gasteiger partial charge >= 0.3 is 11.9 Å². The van der Waals surface area contributed by atoms with Crippen molar-refractivity contribution in [3.63, 3.8) is 0 Å². The fraction of sp³-hybridized carbons (Fsp3) is 0.846. The topological polar surface area (TPSA) is 74.6 Å². The summed E-state index contributed by atoms with van der Waals surface area (Å²) in [5, 5.41) is 16.1. The monoisotopic (exact) mass is 280 g/mol. The van der Waals surface area contributed by atoms with Crippen molar-refractivity contribution in [3.05, 3.63) is 0 Å². The molecule has 0 saturated carbocycles. The smallest absolute Gasteiger partial charge is 0.303 e. The molecule has 4 nitrogen and oxygen atoms in total. The Balaban J connectivity index is -0.000000196. The maximum Gasteiger partial charge on any atom is 0.303 e. The highest BCUT2D eigenvalue weighted by molar-refractivity contribution is 7.16. The number of aliphatic carboxylic acids is 2. The maximum absolute atomic E-state index is 9.76. The van der Waals surface area contributed by atoms with E-state index in [1.807, 2.05) is 13.8 Å². The Kier molecular flexibility index (Phi) is 27.1. The van der Waals surface area contributed by atoms with Crippen molar-refractivity contribution in [1.82, 2.24) is 0 Å². The third-order valence-corrected chi connectivity index (χ3v) is 2.35. The summed E-state index contributed by atoms with van der Waals surface area (Å²) in [5.41, 5.74) is 0. The number of unbranched alkanes of at least 4 members (excludes halogenated alkanes) is 2. The van der Waals surface area contributed by atoms with E-state index in [1.54, 1.807) is 0 Å². The molecule has 0 bridgehead atoms. The number of rotatable bonds is 7. The van der Waals surface area contributed by atoms with Gasteiger partial charge in [-0.15, -0.1) is 9.24 Å². The molecule has 0 saturated heterocycles. The number of carboxylic acid groups (broad SMARTS) is 2. The molecule has 0 heterocycles. The second-order valence-electron chi connectivity index (χ2n) is 3.78. The van der Waals surface area contributed by atoms with Gasteiger partial charge in [-0.05, 0) is 19.0 Å². The number of hydrogen-bond donors (Lipinski definition) is 2. The van der Waals surface area contributed by atoms with Crippen molar-refractivity contribution in [2.75, 3.05) is 6.16 Å². The minimum Gasteiger partial charge on any atom is -0.481 e. The molecule has 1 unspecified atom stereocenters. The molecule has 2 N–H and O–H groups in total. The molecule has 0 aliphatic rings. The fourth-order valence-electron chi connectivity index (χ4n) is 0.656. The van der Waals surface area contributed by atoms with Crippen LogP contribution in [0.3, 0.4) is 0 Å². The van der Waals surface area contributed by atoms with E-state index in [9.17, 15) is 9.59 Å². The van der Waals surface area contributed by atoms with Crippen LogP contribution in [0.25, 0.3) is 0 Å². The molecular formula is C13H29O4P. The lowest BCUT2D eigenvalue weighted by Crippen LogP contribution is -1.91. The van der Waals surface area contributed by atoms with Crippen LogP contribution in [0, 0.1) is 0 Å². The van der Waals surface area contributed by atoms with Crippen LogP contribution >= 0.6 is 9.24 Å². The normalized spacial score (nSPS) is 8.44. The summed E-state index contributed by atoms with van der Waals surface area (Å²) in [7, 11) is 2.66. The highest BCUT2D eigenvalue weighted by Gasteiger charge is 1.91. The molecule has 0 radical (unpaired) electrons. The molecule has 1 atom stereocenters. The van der Waals surface area contributed by atoms with Gasteiger partial charge in [0.2, 0.25) is 0 Å². The van der Waals surface area contributed by atoms with Gasteiger partial charge in [0.05, 0.1) is 0 Å². The van der Waals surface area contributed by atoms with Crippen LogP contribution in [0.2, 0.25) is 0 Å². The van der Waals surface area contributed by atoms with Gasteiger partial charge in [-0.25, -0.2) is 0 Å².